The minimum Gasteiger partial charge on any atom is -0.491 e. The standard InChI is InChI=1S/C28H35N3O3/c1-19(2)34-22-10-11-23-21(17-22)13-16-30-25(23)18-26-24(27(30)32)9-6-15-31(26)28(33)29-14-12-20-7-4-3-5-8-20/h3-5,7-8,10-11,17,19,24-26H,6,9,12-16,18H2,1-2H3,(H,29,33)/t24-,25-,26-/m0/s1. The van der Waals surface area contributed by atoms with Crippen molar-refractivity contribution in [2.24, 2.45) is 5.92 Å². The van der Waals surface area contributed by atoms with Crippen molar-refractivity contribution in [3.05, 3.63) is 65.2 Å². The molecule has 0 radical (unpaired) electrons. The second kappa shape index (κ2) is 9.69. The van der Waals surface area contributed by atoms with Gasteiger partial charge < -0.3 is 19.9 Å². The molecule has 3 atom stereocenters. The van der Waals surface area contributed by atoms with E-state index >= 15 is 0 Å². The normalized spacial score (nSPS) is 23.7. The number of amides is 3. The lowest BCUT2D eigenvalue weighted by atomic mass is 9.76. The van der Waals surface area contributed by atoms with Crippen LogP contribution in [0.5, 0.6) is 5.75 Å². The van der Waals surface area contributed by atoms with E-state index in [9.17, 15) is 9.59 Å². The van der Waals surface area contributed by atoms with Crippen LogP contribution in [-0.2, 0) is 17.6 Å². The number of rotatable bonds is 5. The second-order valence-electron chi connectivity index (χ2n) is 10.0. The summed E-state index contributed by atoms with van der Waals surface area (Å²) in [5.74, 6) is 1.02. The van der Waals surface area contributed by atoms with Gasteiger partial charge in [0.15, 0.2) is 0 Å². The van der Waals surface area contributed by atoms with Gasteiger partial charge in [-0.3, -0.25) is 4.79 Å². The molecular weight excluding hydrogens is 426 g/mol. The number of hydrogen-bond donors (Lipinski definition) is 1. The van der Waals surface area contributed by atoms with Gasteiger partial charge >= 0.3 is 6.03 Å². The molecule has 1 N–H and O–H groups in total. The molecule has 2 aromatic carbocycles. The summed E-state index contributed by atoms with van der Waals surface area (Å²) in [5, 5.41) is 3.11. The summed E-state index contributed by atoms with van der Waals surface area (Å²) >= 11 is 0. The Morgan fingerprint density at radius 1 is 1.15 bits per heavy atom. The van der Waals surface area contributed by atoms with Crippen LogP contribution in [0.4, 0.5) is 4.79 Å². The summed E-state index contributed by atoms with van der Waals surface area (Å²) in [4.78, 5) is 30.7. The lowest BCUT2D eigenvalue weighted by Gasteiger charge is -2.51. The van der Waals surface area contributed by atoms with Crippen molar-refractivity contribution >= 4 is 11.9 Å². The second-order valence-corrected chi connectivity index (χ2v) is 10.0. The first-order valence-electron chi connectivity index (χ1n) is 12.7. The van der Waals surface area contributed by atoms with Crippen LogP contribution < -0.4 is 10.1 Å². The average molecular weight is 462 g/mol. The number of urea groups is 1. The zero-order valence-corrected chi connectivity index (χ0v) is 20.2. The number of carbonyl (C=O) groups is 2. The predicted molar refractivity (Wildman–Crippen MR) is 132 cm³/mol. The number of hydrogen-bond acceptors (Lipinski definition) is 3. The topological polar surface area (TPSA) is 61.9 Å². The van der Waals surface area contributed by atoms with Gasteiger partial charge in [-0.05, 0) is 74.8 Å². The van der Waals surface area contributed by atoms with E-state index in [0.29, 0.717) is 13.1 Å². The van der Waals surface area contributed by atoms with Crippen molar-refractivity contribution in [1.29, 1.82) is 0 Å². The number of ether oxygens (including phenoxy) is 1. The van der Waals surface area contributed by atoms with Crippen molar-refractivity contribution in [2.75, 3.05) is 19.6 Å². The number of piperidine rings is 2. The van der Waals surface area contributed by atoms with Crippen LogP contribution in [0.2, 0.25) is 0 Å². The van der Waals surface area contributed by atoms with E-state index in [1.54, 1.807) is 0 Å². The summed E-state index contributed by atoms with van der Waals surface area (Å²) < 4.78 is 5.90. The van der Waals surface area contributed by atoms with E-state index in [1.807, 2.05) is 43.0 Å². The molecule has 0 spiro atoms. The highest BCUT2D eigenvalue weighted by Gasteiger charge is 2.48. The Bertz CT molecular complexity index is 1040. The SMILES string of the molecule is CC(C)Oc1ccc2c(c1)CCN1C(=O)[C@H]3CCCN(C(=O)NCCc4ccccc4)[C@H]3C[C@@H]21. The Labute approximate surface area is 202 Å². The van der Waals surface area contributed by atoms with Gasteiger partial charge in [0.2, 0.25) is 5.91 Å². The maximum atomic E-state index is 13.5. The third-order valence-corrected chi connectivity index (χ3v) is 7.48. The molecule has 6 nitrogen and oxygen atoms in total. The molecule has 0 bridgehead atoms. The number of benzene rings is 2. The van der Waals surface area contributed by atoms with Gasteiger partial charge in [0.05, 0.1) is 18.1 Å². The van der Waals surface area contributed by atoms with Gasteiger partial charge in [-0.1, -0.05) is 36.4 Å². The first kappa shape index (κ1) is 22.8. The fourth-order valence-electron chi connectivity index (χ4n) is 5.94. The van der Waals surface area contributed by atoms with E-state index in [-0.39, 0.29) is 36.0 Å². The molecule has 2 fully saturated rings. The number of nitrogens with one attached hydrogen (secondary N) is 1. The zero-order valence-electron chi connectivity index (χ0n) is 20.2. The molecule has 3 aliphatic heterocycles. The summed E-state index contributed by atoms with van der Waals surface area (Å²) in [5.41, 5.74) is 3.69. The van der Waals surface area contributed by atoms with Crippen molar-refractivity contribution in [3.8, 4) is 5.75 Å². The molecule has 5 rings (SSSR count). The smallest absolute Gasteiger partial charge is 0.317 e. The Morgan fingerprint density at radius 2 is 1.97 bits per heavy atom. The zero-order chi connectivity index (χ0) is 23.7. The molecule has 34 heavy (non-hydrogen) atoms. The molecule has 0 saturated carbocycles. The van der Waals surface area contributed by atoms with Crippen LogP contribution >= 0.6 is 0 Å². The number of nitrogens with zero attached hydrogens (tertiary/aromatic N) is 2. The summed E-state index contributed by atoms with van der Waals surface area (Å²) in [6.07, 6.45) is 4.34. The number of carbonyl (C=O) groups excluding carboxylic acids is 2. The summed E-state index contributed by atoms with van der Waals surface area (Å²) in [6, 6.07) is 16.4. The van der Waals surface area contributed by atoms with Crippen LogP contribution in [0.1, 0.15) is 55.8 Å². The molecule has 3 aliphatic rings. The maximum Gasteiger partial charge on any atom is 0.317 e. The maximum absolute atomic E-state index is 13.5. The molecule has 180 valence electrons. The number of fused-ring (bicyclic) bond motifs is 4. The van der Waals surface area contributed by atoms with E-state index in [2.05, 4.69) is 34.5 Å². The fourth-order valence-corrected chi connectivity index (χ4v) is 5.94. The van der Waals surface area contributed by atoms with Gasteiger partial charge in [0, 0.05) is 25.7 Å². The Hall–Kier alpha value is -3.02. The van der Waals surface area contributed by atoms with Crippen molar-refractivity contribution in [3.63, 3.8) is 0 Å². The van der Waals surface area contributed by atoms with Gasteiger partial charge in [0.1, 0.15) is 5.75 Å². The van der Waals surface area contributed by atoms with Crippen molar-refractivity contribution in [1.82, 2.24) is 15.1 Å². The molecule has 3 heterocycles. The third kappa shape index (κ3) is 4.50. The van der Waals surface area contributed by atoms with Gasteiger partial charge in [-0.25, -0.2) is 4.79 Å². The highest BCUT2D eigenvalue weighted by atomic mass is 16.5. The highest BCUT2D eigenvalue weighted by molar-refractivity contribution is 5.83. The Morgan fingerprint density at radius 3 is 2.76 bits per heavy atom. The molecule has 6 heteroatoms. The monoisotopic (exact) mass is 461 g/mol. The molecular formula is C28H35N3O3. The minimum absolute atomic E-state index is 0.0309. The summed E-state index contributed by atoms with van der Waals surface area (Å²) in [7, 11) is 0. The van der Waals surface area contributed by atoms with E-state index in [1.165, 1.54) is 16.7 Å². The molecule has 3 amide bonds. The van der Waals surface area contributed by atoms with Crippen LogP contribution in [0.15, 0.2) is 48.5 Å². The minimum atomic E-state index is -0.0880. The van der Waals surface area contributed by atoms with E-state index < -0.39 is 0 Å². The molecule has 0 aliphatic carbocycles. The van der Waals surface area contributed by atoms with Crippen molar-refractivity contribution in [2.45, 2.75) is 64.1 Å². The highest BCUT2D eigenvalue weighted by Crippen LogP contribution is 2.44. The summed E-state index contributed by atoms with van der Waals surface area (Å²) in [6.45, 7) is 6.12. The third-order valence-electron chi connectivity index (χ3n) is 7.48. The van der Waals surface area contributed by atoms with Gasteiger partial charge in [-0.15, -0.1) is 0 Å². The number of likely N-dealkylation sites (tertiary alicyclic amines) is 1. The molecule has 0 aromatic heterocycles. The largest absolute Gasteiger partial charge is 0.491 e. The first-order chi connectivity index (χ1) is 16.5. The first-order valence-corrected chi connectivity index (χ1v) is 12.7. The van der Waals surface area contributed by atoms with E-state index in [0.717, 1.165) is 44.4 Å². The lowest BCUT2D eigenvalue weighted by molar-refractivity contribution is -0.148. The molecule has 2 saturated heterocycles. The molecule has 0 unspecified atom stereocenters. The van der Waals surface area contributed by atoms with Crippen LogP contribution in [-0.4, -0.2) is 53.5 Å². The van der Waals surface area contributed by atoms with Crippen LogP contribution in [0.25, 0.3) is 0 Å². The van der Waals surface area contributed by atoms with Crippen LogP contribution in [0, 0.1) is 5.92 Å². The van der Waals surface area contributed by atoms with E-state index in [4.69, 9.17) is 4.74 Å². The van der Waals surface area contributed by atoms with Gasteiger partial charge in [-0.2, -0.15) is 0 Å². The quantitative estimate of drug-likeness (QED) is 0.721. The lowest BCUT2D eigenvalue weighted by Crippen LogP contribution is -2.61. The fraction of sp³-hybridized carbons (Fsp3) is 0.500. The van der Waals surface area contributed by atoms with Gasteiger partial charge in [0.25, 0.3) is 0 Å². The Kier molecular flexibility index (Phi) is 6.48. The van der Waals surface area contributed by atoms with Crippen molar-refractivity contribution < 1.29 is 14.3 Å². The average Bonchev–Trinajstić information content (AvgIpc) is 2.84. The predicted octanol–water partition coefficient (Wildman–Crippen LogP) is 4.34. The molecule has 2 aromatic rings. The Balaban J connectivity index is 1.31. The van der Waals surface area contributed by atoms with Crippen LogP contribution in [0.3, 0.4) is 0 Å².